The maximum Gasteiger partial charge on any atom is 0.149 e. The number of fused-ring (bicyclic) bond motifs is 1. The fourth-order valence-corrected chi connectivity index (χ4v) is 2.67. The lowest BCUT2D eigenvalue weighted by Crippen LogP contribution is -1.85. The maximum atomic E-state index is 9.46. The van der Waals surface area contributed by atoms with E-state index in [9.17, 15) is 5.26 Å². The number of ether oxygens (including phenoxy) is 1. The fourth-order valence-electron chi connectivity index (χ4n) is 2.26. The molecule has 1 N–H and O–H groups in total. The van der Waals surface area contributed by atoms with Gasteiger partial charge in [-0.1, -0.05) is 12.1 Å². The Bertz CT molecular complexity index is 904. The number of nitriles is 1. The standard InChI is InChI=1S/C18H15N3OS/c1-22-14-5-8-16-17(10-14)21-18(20-16)13(11-19)9-12-3-6-15(23-2)7-4-12/h3-10H,1-2H3,(H,20,21)/b13-9-. The molecule has 23 heavy (non-hydrogen) atoms. The lowest BCUT2D eigenvalue weighted by atomic mass is 10.1. The third-order valence-electron chi connectivity index (χ3n) is 3.49. The monoisotopic (exact) mass is 321 g/mol. The first-order valence-corrected chi connectivity index (χ1v) is 8.26. The Hall–Kier alpha value is -2.71. The highest BCUT2D eigenvalue weighted by atomic mass is 32.2. The van der Waals surface area contributed by atoms with Gasteiger partial charge in [-0.2, -0.15) is 5.26 Å². The number of aromatic nitrogens is 2. The first-order chi connectivity index (χ1) is 11.2. The minimum Gasteiger partial charge on any atom is -0.497 e. The van der Waals surface area contributed by atoms with Gasteiger partial charge in [0.05, 0.1) is 23.7 Å². The van der Waals surface area contributed by atoms with E-state index in [1.54, 1.807) is 18.9 Å². The van der Waals surface area contributed by atoms with Crippen molar-refractivity contribution in [2.45, 2.75) is 4.90 Å². The Morgan fingerprint density at radius 3 is 2.70 bits per heavy atom. The lowest BCUT2D eigenvalue weighted by Gasteiger charge is -1.98. The zero-order chi connectivity index (χ0) is 16.2. The third kappa shape index (κ3) is 3.22. The molecule has 5 heteroatoms. The van der Waals surface area contributed by atoms with E-state index in [2.05, 4.69) is 16.0 Å². The molecule has 0 saturated heterocycles. The van der Waals surface area contributed by atoms with E-state index in [1.807, 2.05) is 54.8 Å². The van der Waals surface area contributed by atoms with Crippen LogP contribution in [0.15, 0.2) is 47.4 Å². The topological polar surface area (TPSA) is 61.7 Å². The van der Waals surface area contributed by atoms with Crippen LogP contribution in [0.25, 0.3) is 22.7 Å². The number of nitrogens with one attached hydrogen (secondary N) is 1. The van der Waals surface area contributed by atoms with Crippen LogP contribution in [0.2, 0.25) is 0 Å². The SMILES string of the molecule is COc1ccc2nc(/C(C#N)=C\c3ccc(SC)cc3)[nH]c2c1. The summed E-state index contributed by atoms with van der Waals surface area (Å²) in [5.74, 6) is 1.31. The largest absolute Gasteiger partial charge is 0.497 e. The zero-order valence-corrected chi connectivity index (χ0v) is 13.6. The van der Waals surface area contributed by atoms with Gasteiger partial charge < -0.3 is 9.72 Å². The summed E-state index contributed by atoms with van der Waals surface area (Å²) < 4.78 is 5.21. The first kappa shape index (κ1) is 15.2. The van der Waals surface area contributed by atoms with Crippen molar-refractivity contribution in [3.63, 3.8) is 0 Å². The van der Waals surface area contributed by atoms with Crippen LogP contribution in [0.4, 0.5) is 0 Å². The normalized spacial score (nSPS) is 11.4. The van der Waals surface area contributed by atoms with Crippen LogP contribution < -0.4 is 4.74 Å². The molecule has 0 aliphatic rings. The van der Waals surface area contributed by atoms with Crippen LogP contribution >= 0.6 is 11.8 Å². The molecule has 0 spiro atoms. The molecule has 0 aliphatic heterocycles. The zero-order valence-electron chi connectivity index (χ0n) is 12.8. The predicted octanol–water partition coefficient (Wildman–Crippen LogP) is 4.36. The van der Waals surface area contributed by atoms with Crippen molar-refractivity contribution in [2.75, 3.05) is 13.4 Å². The molecule has 1 aromatic heterocycles. The Morgan fingerprint density at radius 1 is 1.26 bits per heavy atom. The van der Waals surface area contributed by atoms with Crippen molar-refractivity contribution in [1.29, 1.82) is 5.26 Å². The van der Waals surface area contributed by atoms with Gasteiger partial charge in [-0.05, 0) is 42.2 Å². The van der Waals surface area contributed by atoms with Crippen molar-refractivity contribution in [2.24, 2.45) is 0 Å². The number of methoxy groups -OCH3 is 1. The smallest absolute Gasteiger partial charge is 0.149 e. The average molecular weight is 321 g/mol. The summed E-state index contributed by atoms with van der Waals surface area (Å²) >= 11 is 1.69. The van der Waals surface area contributed by atoms with Gasteiger partial charge in [-0.3, -0.25) is 0 Å². The highest BCUT2D eigenvalue weighted by molar-refractivity contribution is 7.98. The average Bonchev–Trinajstić information content (AvgIpc) is 3.02. The Kier molecular flexibility index (Phi) is 4.35. The van der Waals surface area contributed by atoms with Gasteiger partial charge in [0.1, 0.15) is 17.6 Å². The van der Waals surface area contributed by atoms with E-state index in [0.717, 1.165) is 22.3 Å². The van der Waals surface area contributed by atoms with Gasteiger partial charge >= 0.3 is 0 Å². The minimum absolute atomic E-state index is 0.497. The Labute approximate surface area is 138 Å². The van der Waals surface area contributed by atoms with Gasteiger partial charge in [0.15, 0.2) is 0 Å². The van der Waals surface area contributed by atoms with Gasteiger partial charge in [-0.15, -0.1) is 11.8 Å². The van der Waals surface area contributed by atoms with Crippen LogP contribution in [-0.2, 0) is 0 Å². The van der Waals surface area contributed by atoms with Gasteiger partial charge in [0.25, 0.3) is 0 Å². The second-order valence-corrected chi connectivity index (χ2v) is 5.79. The predicted molar refractivity (Wildman–Crippen MR) is 94.4 cm³/mol. The third-order valence-corrected chi connectivity index (χ3v) is 4.23. The first-order valence-electron chi connectivity index (χ1n) is 7.03. The molecular formula is C18H15N3OS. The molecule has 0 fully saturated rings. The lowest BCUT2D eigenvalue weighted by molar-refractivity contribution is 0.415. The molecule has 2 aromatic carbocycles. The van der Waals surface area contributed by atoms with E-state index >= 15 is 0 Å². The summed E-state index contributed by atoms with van der Waals surface area (Å²) in [6.07, 6.45) is 3.87. The molecule has 0 saturated carbocycles. The van der Waals surface area contributed by atoms with Crippen molar-refractivity contribution >= 4 is 34.4 Å². The number of hydrogen-bond acceptors (Lipinski definition) is 4. The summed E-state index contributed by atoms with van der Waals surface area (Å²) in [7, 11) is 1.62. The summed E-state index contributed by atoms with van der Waals surface area (Å²) in [5.41, 5.74) is 3.12. The van der Waals surface area contributed by atoms with E-state index in [4.69, 9.17) is 4.74 Å². The van der Waals surface area contributed by atoms with Gasteiger partial charge in [0, 0.05) is 11.0 Å². The van der Waals surface area contributed by atoms with Crippen LogP contribution in [-0.4, -0.2) is 23.3 Å². The number of H-pyrrole nitrogens is 1. The molecule has 0 bridgehead atoms. The molecule has 3 aromatic rings. The van der Waals surface area contributed by atoms with Crippen molar-refractivity contribution in [3.05, 3.63) is 53.9 Å². The number of rotatable bonds is 4. The van der Waals surface area contributed by atoms with Gasteiger partial charge in [-0.25, -0.2) is 4.98 Å². The number of allylic oxidation sites excluding steroid dienone is 1. The van der Waals surface area contributed by atoms with Crippen LogP contribution in [0.5, 0.6) is 5.75 Å². The van der Waals surface area contributed by atoms with Crippen molar-refractivity contribution < 1.29 is 4.74 Å². The highest BCUT2D eigenvalue weighted by Gasteiger charge is 2.08. The molecule has 4 nitrogen and oxygen atoms in total. The molecule has 1 heterocycles. The van der Waals surface area contributed by atoms with Crippen molar-refractivity contribution in [1.82, 2.24) is 9.97 Å². The number of hydrogen-bond donors (Lipinski definition) is 1. The molecule has 0 radical (unpaired) electrons. The molecule has 0 unspecified atom stereocenters. The summed E-state index contributed by atoms with van der Waals surface area (Å²) in [4.78, 5) is 8.85. The molecule has 0 aliphatic carbocycles. The maximum absolute atomic E-state index is 9.46. The number of imidazole rings is 1. The van der Waals surface area contributed by atoms with E-state index in [0.29, 0.717) is 11.4 Å². The van der Waals surface area contributed by atoms with Crippen LogP contribution in [0.1, 0.15) is 11.4 Å². The van der Waals surface area contributed by atoms with E-state index in [-0.39, 0.29) is 0 Å². The molecule has 0 amide bonds. The Morgan fingerprint density at radius 2 is 2.04 bits per heavy atom. The van der Waals surface area contributed by atoms with Crippen molar-refractivity contribution in [3.8, 4) is 11.8 Å². The summed E-state index contributed by atoms with van der Waals surface area (Å²) in [6.45, 7) is 0. The molecule has 3 rings (SSSR count). The molecule has 0 atom stereocenters. The quantitative estimate of drug-likeness (QED) is 0.573. The summed E-state index contributed by atoms with van der Waals surface area (Å²) in [5, 5.41) is 9.46. The second kappa shape index (κ2) is 6.59. The Balaban J connectivity index is 1.99. The van der Waals surface area contributed by atoms with E-state index in [1.165, 1.54) is 4.90 Å². The van der Waals surface area contributed by atoms with Gasteiger partial charge in [0.2, 0.25) is 0 Å². The van der Waals surface area contributed by atoms with E-state index < -0.39 is 0 Å². The molecule has 114 valence electrons. The van der Waals surface area contributed by atoms with Crippen LogP contribution in [0, 0.1) is 11.3 Å². The molecular weight excluding hydrogens is 306 g/mol. The number of aromatic amines is 1. The summed E-state index contributed by atoms with van der Waals surface area (Å²) in [6, 6.07) is 15.9. The number of thioether (sulfide) groups is 1. The highest BCUT2D eigenvalue weighted by Crippen LogP contribution is 2.23. The number of benzene rings is 2. The van der Waals surface area contributed by atoms with Crippen LogP contribution in [0.3, 0.4) is 0 Å². The second-order valence-electron chi connectivity index (χ2n) is 4.91. The number of nitrogens with zero attached hydrogens (tertiary/aromatic N) is 2. The minimum atomic E-state index is 0.497. The fraction of sp³-hybridized carbons (Fsp3) is 0.111.